The molecule has 0 radical (unpaired) electrons. The molecule has 31 heavy (non-hydrogen) atoms. The van der Waals surface area contributed by atoms with E-state index in [4.69, 9.17) is 9.47 Å². The number of anilines is 1. The lowest BCUT2D eigenvalue weighted by Gasteiger charge is -2.20. The van der Waals surface area contributed by atoms with Crippen molar-refractivity contribution < 1.29 is 23.9 Å². The van der Waals surface area contributed by atoms with E-state index in [1.54, 1.807) is 0 Å². The number of amides is 2. The van der Waals surface area contributed by atoms with Crippen LogP contribution in [0.3, 0.4) is 0 Å². The first-order valence-corrected chi connectivity index (χ1v) is 11.1. The van der Waals surface area contributed by atoms with Gasteiger partial charge in [0.2, 0.25) is 5.91 Å². The Morgan fingerprint density at radius 2 is 2.00 bits per heavy atom. The standard InChI is InChI=1S/C23H24N2O5S/c1-29-22(27)17-6-5-16-9-11-25(19(16)14-17)10-2-12-30-18-7-3-15(4-8-18)13-20-21(26)24-23(28)31-20/h3-8,14,20H,2,9-13H2,1H3,(H,24,26,28). The molecule has 162 valence electrons. The topological polar surface area (TPSA) is 84.9 Å². The molecule has 0 aromatic heterocycles. The summed E-state index contributed by atoms with van der Waals surface area (Å²) < 4.78 is 10.7. The SMILES string of the molecule is COC(=O)c1ccc2c(c1)N(CCCOc1ccc(CC3SC(=O)NC3=O)cc1)CC2. The first-order valence-electron chi connectivity index (χ1n) is 10.2. The molecular formula is C23H24N2O5S. The highest BCUT2D eigenvalue weighted by molar-refractivity contribution is 8.15. The number of thioether (sulfide) groups is 1. The summed E-state index contributed by atoms with van der Waals surface area (Å²) in [6.45, 7) is 2.36. The van der Waals surface area contributed by atoms with Crippen LogP contribution >= 0.6 is 11.8 Å². The minimum absolute atomic E-state index is 0.225. The van der Waals surface area contributed by atoms with Crippen LogP contribution in [-0.4, -0.2) is 49.2 Å². The molecule has 2 aliphatic heterocycles. The third-order valence-corrected chi connectivity index (χ3v) is 6.43. The maximum atomic E-state index is 11.8. The van der Waals surface area contributed by atoms with Gasteiger partial charge < -0.3 is 14.4 Å². The smallest absolute Gasteiger partial charge is 0.337 e. The number of carbonyl (C=O) groups is 3. The van der Waals surface area contributed by atoms with Crippen molar-refractivity contribution in [3.05, 3.63) is 59.2 Å². The zero-order chi connectivity index (χ0) is 21.8. The summed E-state index contributed by atoms with van der Waals surface area (Å²) in [5.74, 6) is 0.232. The second kappa shape index (κ2) is 9.43. The number of methoxy groups -OCH3 is 1. The largest absolute Gasteiger partial charge is 0.494 e. The molecule has 2 heterocycles. The van der Waals surface area contributed by atoms with Crippen molar-refractivity contribution in [1.82, 2.24) is 5.32 Å². The zero-order valence-electron chi connectivity index (χ0n) is 17.3. The number of rotatable bonds is 8. The predicted octanol–water partition coefficient (Wildman–Crippen LogP) is 3.20. The molecule has 2 amide bonds. The summed E-state index contributed by atoms with van der Waals surface area (Å²) in [5, 5.41) is 1.67. The lowest BCUT2D eigenvalue weighted by atomic mass is 10.1. The third-order valence-electron chi connectivity index (χ3n) is 5.45. The van der Waals surface area contributed by atoms with Gasteiger partial charge in [0.25, 0.3) is 5.24 Å². The van der Waals surface area contributed by atoms with Crippen LogP contribution in [0.1, 0.15) is 27.9 Å². The first kappa shape index (κ1) is 21.2. The molecule has 1 N–H and O–H groups in total. The van der Waals surface area contributed by atoms with E-state index in [2.05, 4.69) is 10.2 Å². The molecule has 0 spiro atoms. The van der Waals surface area contributed by atoms with Gasteiger partial charge in [-0.15, -0.1) is 0 Å². The quantitative estimate of drug-likeness (QED) is 0.498. The van der Waals surface area contributed by atoms with E-state index in [-0.39, 0.29) is 22.4 Å². The highest BCUT2D eigenvalue weighted by Gasteiger charge is 2.31. The average molecular weight is 441 g/mol. The van der Waals surface area contributed by atoms with E-state index in [1.165, 1.54) is 12.7 Å². The number of imide groups is 1. The van der Waals surface area contributed by atoms with Crippen LogP contribution in [0.15, 0.2) is 42.5 Å². The van der Waals surface area contributed by atoms with Crippen molar-refractivity contribution in [3.63, 3.8) is 0 Å². The predicted molar refractivity (Wildman–Crippen MR) is 119 cm³/mol. The van der Waals surface area contributed by atoms with Crippen LogP contribution < -0.4 is 15.0 Å². The maximum absolute atomic E-state index is 11.8. The number of ether oxygens (including phenoxy) is 2. The lowest BCUT2D eigenvalue weighted by Crippen LogP contribution is -2.25. The molecule has 7 nitrogen and oxygen atoms in total. The van der Waals surface area contributed by atoms with Crippen molar-refractivity contribution in [2.75, 3.05) is 31.7 Å². The van der Waals surface area contributed by atoms with Crippen molar-refractivity contribution in [2.45, 2.75) is 24.5 Å². The Hall–Kier alpha value is -3.00. The van der Waals surface area contributed by atoms with E-state index in [9.17, 15) is 14.4 Å². The van der Waals surface area contributed by atoms with Gasteiger partial charge in [0.05, 0.1) is 24.5 Å². The molecule has 1 unspecified atom stereocenters. The fourth-order valence-electron chi connectivity index (χ4n) is 3.83. The van der Waals surface area contributed by atoms with Crippen LogP contribution in [0.25, 0.3) is 0 Å². The summed E-state index contributed by atoms with van der Waals surface area (Å²) in [5.41, 5.74) is 3.91. The van der Waals surface area contributed by atoms with Gasteiger partial charge in [-0.25, -0.2) is 4.79 Å². The average Bonchev–Trinajstić information content (AvgIpc) is 3.33. The van der Waals surface area contributed by atoms with Crippen molar-refractivity contribution in [3.8, 4) is 5.75 Å². The number of benzene rings is 2. The minimum Gasteiger partial charge on any atom is -0.494 e. The Bertz CT molecular complexity index is 992. The Balaban J connectivity index is 1.24. The van der Waals surface area contributed by atoms with Crippen molar-refractivity contribution in [1.29, 1.82) is 0 Å². The van der Waals surface area contributed by atoms with Gasteiger partial charge >= 0.3 is 5.97 Å². The van der Waals surface area contributed by atoms with Gasteiger partial charge in [-0.2, -0.15) is 0 Å². The van der Waals surface area contributed by atoms with Gasteiger partial charge in [-0.05, 0) is 54.7 Å². The summed E-state index contributed by atoms with van der Waals surface area (Å²) in [6, 6.07) is 13.4. The van der Waals surface area contributed by atoms with E-state index >= 15 is 0 Å². The fraction of sp³-hybridized carbons (Fsp3) is 0.348. The van der Waals surface area contributed by atoms with Crippen molar-refractivity contribution >= 4 is 34.6 Å². The lowest BCUT2D eigenvalue weighted by molar-refractivity contribution is -0.118. The molecule has 2 aliphatic rings. The molecule has 1 fully saturated rings. The first-order chi connectivity index (χ1) is 15.0. The van der Waals surface area contributed by atoms with E-state index < -0.39 is 0 Å². The highest BCUT2D eigenvalue weighted by Crippen LogP contribution is 2.29. The normalized spacial score (nSPS) is 17.5. The maximum Gasteiger partial charge on any atom is 0.337 e. The van der Waals surface area contributed by atoms with Gasteiger partial charge in [0, 0.05) is 18.8 Å². The van der Waals surface area contributed by atoms with Gasteiger partial charge in [0.15, 0.2) is 0 Å². The monoisotopic (exact) mass is 440 g/mol. The summed E-state index contributed by atoms with van der Waals surface area (Å²) in [7, 11) is 1.39. The molecular weight excluding hydrogens is 416 g/mol. The molecule has 0 aliphatic carbocycles. The Labute approximate surface area is 185 Å². The third kappa shape index (κ3) is 5.02. The van der Waals surface area contributed by atoms with Crippen LogP contribution in [0.5, 0.6) is 5.75 Å². The molecule has 2 aromatic rings. The molecule has 4 rings (SSSR count). The van der Waals surface area contributed by atoms with Crippen LogP contribution in [0.4, 0.5) is 10.5 Å². The fourth-order valence-corrected chi connectivity index (χ4v) is 4.69. The molecule has 1 saturated heterocycles. The van der Waals surface area contributed by atoms with Crippen LogP contribution in [0, 0.1) is 0 Å². The van der Waals surface area contributed by atoms with Gasteiger partial charge in [0.1, 0.15) is 5.75 Å². The van der Waals surface area contributed by atoms with E-state index in [1.807, 2.05) is 42.5 Å². The number of nitrogens with one attached hydrogen (secondary N) is 1. The van der Waals surface area contributed by atoms with Crippen LogP contribution in [0.2, 0.25) is 0 Å². The number of hydrogen-bond acceptors (Lipinski definition) is 7. The summed E-state index contributed by atoms with van der Waals surface area (Å²) in [6.07, 6.45) is 2.34. The molecule has 1 atom stereocenters. The minimum atomic E-state index is -0.359. The number of carbonyl (C=O) groups excluding carboxylic acids is 3. The Morgan fingerprint density at radius 3 is 2.71 bits per heavy atom. The Morgan fingerprint density at radius 1 is 1.19 bits per heavy atom. The molecule has 8 heteroatoms. The highest BCUT2D eigenvalue weighted by atomic mass is 32.2. The van der Waals surface area contributed by atoms with Gasteiger partial charge in [-0.3, -0.25) is 14.9 Å². The molecule has 0 bridgehead atoms. The zero-order valence-corrected chi connectivity index (χ0v) is 18.1. The summed E-state index contributed by atoms with van der Waals surface area (Å²) >= 11 is 1.04. The second-order valence-electron chi connectivity index (χ2n) is 7.51. The number of hydrogen-bond donors (Lipinski definition) is 1. The van der Waals surface area contributed by atoms with Gasteiger partial charge in [-0.1, -0.05) is 30.0 Å². The Kier molecular flexibility index (Phi) is 6.46. The summed E-state index contributed by atoms with van der Waals surface area (Å²) in [4.78, 5) is 37.0. The van der Waals surface area contributed by atoms with E-state index in [0.717, 1.165) is 54.7 Å². The molecule has 2 aromatic carbocycles. The van der Waals surface area contributed by atoms with Crippen LogP contribution in [-0.2, 0) is 22.4 Å². The van der Waals surface area contributed by atoms with E-state index in [0.29, 0.717) is 18.6 Å². The second-order valence-corrected chi connectivity index (χ2v) is 8.68. The number of fused-ring (bicyclic) bond motifs is 1. The molecule has 0 saturated carbocycles. The number of nitrogens with zero attached hydrogens (tertiary/aromatic N) is 1. The van der Waals surface area contributed by atoms with Crippen molar-refractivity contribution in [2.24, 2.45) is 0 Å². The number of esters is 1.